The zero-order chi connectivity index (χ0) is 20.8. The van der Waals surface area contributed by atoms with Gasteiger partial charge in [-0.1, -0.05) is 58.0 Å². The SMILES string of the molecule is CCc1nc(Oc2cc(C)ccn2)c(CC)nc1NC(c1ccccc1)C(C)C. The highest BCUT2D eigenvalue weighted by Gasteiger charge is 2.20. The molecule has 29 heavy (non-hydrogen) atoms. The summed E-state index contributed by atoms with van der Waals surface area (Å²) in [6.45, 7) is 10.6. The van der Waals surface area contributed by atoms with Gasteiger partial charge in [-0.05, 0) is 42.9 Å². The molecular formula is C24H30N4O. The van der Waals surface area contributed by atoms with Crippen molar-refractivity contribution in [1.29, 1.82) is 0 Å². The summed E-state index contributed by atoms with van der Waals surface area (Å²) < 4.78 is 6.00. The van der Waals surface area contributed by atoms with E-state index in [1.807, 2.05) is 25.1 Å². The number of hydrogen-bond acceptors (Lipinski definition) is 5. The van der Waals surface area contributed by atoms with Crippen LogP contribution in [0.2, 0.25) is 0 Å². The lowest BCUT2D eigenvalue weighted by Crippen LogP contribution is -2.19. The number of nitrogens with zero attached hydrogens (tertiary/aromatic N) is 3. The van der Waals surface area contributed by atoms with Gasteiger partial charge in [0.2, 0.25) is 11.8 Å². The van der Waals surface area contributed by atoms with E-state index in [2.05, 4.69) is 62.3 Å². The Morgan fingerprint density at radius 1 is 0.966 bits per heavy atom. The van der Waals surface area contributed by atoms with Gasteiger partial charge < -0.3 is 10.1 Å². The van der Waals surface area contributed by atoms with Crippen molar-refractivity contribution in [2.45, 2.75) is 53.5 Å². The topological polar surface area (TPSA) is 59.9 Å². The number of ether oxygens (including phenoxy) is 1. The molecule has 1 aromatic carbocycles. The van der Waals surface area contributed by atoms with Crippen LogP contribution in [0.1, 0.15) is 56.3 Å². The predicted molar refractivity (Wildman–Crippen MR) is 117 cm³/mol. The van der Waals surface area contributed by atoms with Crippen LogP contribution in [0, 0.1) is 12.8 Å². The van der Waals surface area contributed by atoms with Crippen LogP contribution in [0.5, 0.6) is 11.8 Å². The number of hydrogen-bond donors (Lipinski definition) is 1. The normalized spacial score (nSPS) is 12.1. The van der Waals surface area contributed by atoms with Gasteiger partial charge in [-0.3, -0.25) is 0 Å². The molecular weight excluding hydrogens is 360 g/mol. The van der Waals surface area contributed by atoms with Crippen LogP contribution in [0.3, 0.4) is 0 Å². The molecule has 2 heterocycles. The van der Waals surface area contributed by atoms with Gasteiger partial charge in [0.15, 0.2) is 0 Å². The third-order valence-electron chi connectivity index (χ3n) is 4.88. The first kappa shape index (κ1) is 20.8. The summed E-state index contributed by atoms with van der Waals surface area (Å²) in [6, 6.07) is 14.5. The van der Waals surface area contributed by atoms with E-state index >= 15 is 0 Å². The first-order chi connectivity index (χ1) is 14.0. The third-order valence-corrected chi connectivity index (χ3v) is 4.88. The molecule has 1 N–H and O–H groups in total. The average molecular weight is 391 g/mol. The molecule has 1 unspecified atom stereocenters. The number of benzene rings is 1. The summed E-state index contributed by atoms with van der Waals surface area (Å²) in [5.74, 6) is 2.31. The number of aryl methyl sites for hydroxylation is 3. The number of aromatic nitrogens is 3. The maximum atomic E-state index is 6.00. The van der Waals surface area contributed by atoms with E-state index in [4.69, 9.17) is 14.7 Å². The molecule has 0 aliphatic rings. The largest absolute Gasteiger partial charge is 0.419 e. The molecule has 0 saturated heterocycles. The minimum absolute atomic E-state index is 0.158. The highest BCUT2D eigenvalue weighted by atomic mass is 16.5. The number of anilines is 1. The monoisotopic (exact) mass is 390 g/mol. The molecule has 2 aromatic heterocycles. The van der Waals surface area contributed by atoms with Crippen LogP contribution >= 0.6 is 0 Å². The maximum Gasteiger partial charge on any atom is 0.243 e. The minimum Gasteiger partial charge on any atom is -0.419 e. The van der Waals surface area contributed by atoms with Crippen LogP contribution in [0.25, 0.3) is 0 Å². The van der Waals surface area contributed by atoms with E-state index < -0.39 is 0 Å². The van der Waals surface area contributed by atoms with Crippen LogP contribution in [0.4, 0.5) is 5.82 Å². The van der Waals surface area contributed by atoms with Crippen LogP contribution < -0.4 is 10.1 Å². The second kappa shape index (κ2) is 9.50. The van der Waals surface area contributed by atoms with E-state index in [0.717, 1.165) is 35.6 Å². The molecule has 3 rings (SSSR count). The van der Waals surface area contributed by atoms with Gasteiger partial charge in [-0.25, -0.2) is 15.0 Å². The van der Waals surface area contributed by atoms with Crippen LogP contribution in [-0.2, 0) is 12.8 Å². The number of rotatable bonds is 8. The van der Waals surface area contributed by atoms with Gasteiger partial charge in [-0.15, -0.1) is 0 Å². The quantitative estimate of drug-likeness (QED) is 0.518. The molecule has 0 bridgehead atoms. The Kier molecular flexibility index (Phi) is 6.81. The molecule has 1 atom stereocenters. The second-order valence-corrected chi connectivity index (χ2v) is 7.53. The minimum atomic E-state index is 0.158. The summed E-state index contributed by atoms with van der Waals surface area (Å²) in [4.78, 5) is 14.0. The van der Waals surface area contributed by atoms with Crippen molar-refractivity contribution in [2.75, 3.05) is 5.32 Å². The van der Waals surface area contributed by atoms with Gasteiger partial charge >= 0.3 is 0 Å². The Hall–Kier alpha value is -2.95. The smallest absolute Gasteiger partial charge is 0.243 e. The zero-order valence-corrected chi connectivity index (χ0v) is 17.9. The zero-order valence-electron chi connectivity index (χ0n) is 17.9. The van der Waals surface area contributed by atoms with Crippen molar-refractivity contribution < 1.29 is 4.74 Å². The summed E-state index contributed by atoms with van der Waals surface area (Å²) in [5.41, 5.74) is 4.06. The Morgan fingerprint density at radius 3 is 2.31 bits per heavy atom. The van der Waals surface area contributed by atoms with E-state index in [1.165, 1.54) is 5.56 Å². The first-order valence-corrected chi connectivity index (χ1v) is 10.3. The molecule has 0 amide bonds. The number of nitrogens with one attached hydrogen (secondary N) is 1. The lowest BCUT2D eigenvalue weighted by atomic mass is 9.96. The predicted octanol–water partition coefficient (Wildman–Crippen LogP) is 5.91. The van der Waals surface area contributed by atoms with Crippen molar-refractivity contribution in [3.8, 4) is 11.8 Å². The molecule has 5 nitrogen and oxygen atoms in total. The summed E-state index contributed by atoms with van der Waals surface area (Å²) >= 11 is 0. The maximum absolute atomic E-state index is 6.00. The van der Waals surface area contributed by atoms with Crippen molar-refractivity contribution in [1.82, 2.24) is 15.0 Å². The average Bonchev–Trinajstić information content (AvgIpc) is 2.72. The highest BCUT2D eigenvalue weighted by Crippen LogP contribution is 2.30. The van der Waals surface area contributed by atoms with Crippen molar-refractivity contribution in [2.24, 2.45) is 5.92 Å². The highest BCUT2D eigenvalue weighted by molar-refractivity contribution is 5.46. The van der Waals surface area contributed by atoms with E-state index in [9.17, 15) is 0 Å². The Morgan fingerprint density at radius 2 is 1.69 bits per heavy atom. The van der Waals surface area contributed by atoms with Crippen molar-refractivity contribution in [3.63, 3.8) is 0 Å². The van der Waals surface area contributed by atoms with Gasteiger partial charge in [0.25, 0.3) is 0 Å². The van der Waals surface area contributed by atoms with Gasteiger partial charge in [0.1, 0.15) is 11.5 Å². The molecule has 0 aliphatic heterocycles. The van der Waals surface area contributed by atoms with E-state index in [0.29, 0.717) is 17.7 Å². The fraction of sp³-hybridized carbons (Fsp3) is 0.375. The second-order valence-electron chi connectivity index (χ2n) is 7.53. The third kappa shape index (κ3) is 5.11. The lowest BCUT2D eigenvalue weighted by Gasteiger charge is -2.25. The Labute approximate surface area is 173 Å². The van der Waals surface area contributed by atoms with Crippen molar-refractivity contribution >= 4 is 5.82 Å². The lowest BCUT2D eigenvalue weighted by molar-refractivity contribution is 0.433. The van der Waals surface area contributed by atoms with Gasteiger partial charge in [-0.2, -0.15) is 0 Å². The summed E-state index contributed by atoms with van der Waals surface area (Å²) in [6.07, 6.45) is 3.23. The molecule has 5 heteroatoms. The summed E-state index contributed by atoms with van der Waals surface area (Å²) in [5, 5.41) is 3.64. The molecule has 0 saturated carbocycles. The molecule has 0 radical (unpaired) electrons. The standard InChI is InChI=1S/C24H30N4O/c1-6-19-23(28-22(16(3)4)18-11-9-8-10-12-18)26-20(7-2)24(27-19)29-21-15-17(5)13-14-25-21/h8-16,22H,6-7H2,1-5H3,(H,26,28). The van der Waals surface area contributed by atoms with Gasteiger partial charge in [0.05, 0.1) is 11.7 Å². The Bertz CT molecular complexity index is 941. The molecule has 0 fully saturated rings. The fourth-order valence-corrected chi connectivity index (χ4v) is 3.27. The van der Waals surface area contributed by atoms with E-state index in [-0.39, 0.29) is 6.04 Å². The van der Waals surface area contributed by atoms with Crippen LogP contribution in [0.15, 0.2) is 48.7 Å². The molecule has 0 aliphatic carbocycles. The first-order valence-electron chi connectivity index (χ1n) is 10.3. The molecule has 3 aromatic rings. The molecule has 152 valence electrons. The van der Waals surface area contributed by atoms with Crippen molar-refractivity contribution in [3.05, 3.63) is 71.2 Å². The Balaban J connectivity index is 1.95. The van der Waals surface area contributed by atoms with Crippen LogP contribution in [-0.4, -0.2) is 15.0 Å². The number of pyridine rings is 1. The summed E-state index contributed by atoms with van der Waals surface area (Å²) in [7, 11) is 0. The molecule has 0 spiro atoms. The fourth-order valence-electron chi connectivity index (χ4n) is 3.27. The van der Waals surface area contributed by atoms with E-state index in [1.54, 1.807) is 6.20 Å². The van der Waals surface area contributed by atoms with Gasteiger partial charge in [0, 0.05) is 12.3 Å².